The van der Waals surface area contributed by atoms with Crippen LogP contribution in [0.5, 0.6) is 0 Å². The second-order valence-electron chi connectivity index (χ2n) is 7.79. The highest BCUT2D eigenvalue weighted by Gasteiger charge is 2.28. The van der Waals surface area contributed by atoms with E-state index >= 15 is 0 Å². The van der Waals surface area contributed by atoms with Crippen LogP contribution in [0.3, 0.4) is 0 Å². The van der Waals surface area contributed by atoms with Crippen molar-refractivity contribution >= 4 is 47.6 Å². The number of rotatable bonds is 3. The number of hydrogen-bond donors (Lipinski definition) is 4. The molecule has 0 aromatic heterocycles. The minimum absolute atomic E-state index is 0.106. The Morgan fingerprint density at radius 2 is 0.800 bits per heavy atom. The lowest BCUT2D eigenvalue weighted by Gasteiger charge is -2.08. The summed E-state index contributed by atoms with van der Waals surface area (Å²) in [5.74, 6) is 0. The third-order valence-corrected chi connectivity index (χ3v) is 5.84. The molecule has 4 aromatic carbocycles. The maximum Gasteiger partial charge on any atom is 0.406 e. The van der Waals surface area contributed by atoms with Crippen molar-refractivity contribution in [2.45, 2.75) is 0 Å². The van der Waals surface area contributed by atoms with Gasteiger partial charge >= 0.3 is 14.0 Å². The molecular formula is C24H20B2N4. The van der Waals surface area contributed by atoms with Crippen LogP contribution in [0, 0.1) is 0 Å². The van der Waals surface area contributed by atoms with Crippen LogP contribution >= 0.6 is 0 Å². The van der Waals surface area contributed by atoms with E-state index in [9.17, 15) is 0 Å². The molecule has 6 heteroatoms. The molecule has 0 spiro atoms. The highest BCUT2D eigenvalue weighted by atomic mass is 15.1. The van der Waals surface area contributed by atoms with Gasteiger partial charge in [-0.15, -0.1) is 0 Å². The molecular weight excluding hydrogens is 366 g/mol. The first-order valence-electron chi connectivity index (χ1n) is 10.3. The average Bonchev–Trinajstić information content (AvgIpc) is 3.43. The van der Waals surface area contributed by atoms with Crippen molar-refractivity contribution in [1.29, 1.82) is 0 Å². The Labute approximate surface area is 177 Å². The van der Waals surface area contributed by atoms with Gasteiger partial charge in [0.2, 0.25) is 0 Å². The van der Waals surface area contributed by atoms with Crippen molar-refractivity contribution in [2.75, 3.05) is 20.9 Å². The molecule has 4 nitrogen and oxygen atoms in total. The quantitative estimate of drug-likeness (QED) is 0.405. The number of nitrogens with one attached hydrogen (secondary N) is 4. The van der Waals surface area contributed by atoms with Crippen LogP contribution < -0.4 is 31.8 Å². The molecule has 0 saturated carbocycles. The van der Waals surface area contributed by atoms with Crippen LogP contribution in [0.15, 0.2) is 97.1 Å². The zero-order chi connectivity index (χ0) is 19.9. The predicted octanol–water partition coefficient (Wildman–Crippen LogP) is 3.82. The van der Waals surface area contributed by atoms with Gasteiger partial charge in [0.25, 0.3) is 0 Å². The third kappa shape index (κ3) is 2.98. The van der Waals surface area contributed by atoms with E-state index in [2.05, 4.69) is 106 Å². The highest BCUT2D eigenvalue weighted by Crippen LogP contribution is 2.36. The van der Waals surface area contributed by atoms with Crippen molar-refractivity contribution in [2.24, 2.45) is 0 Å². The Balaban J connectivity index is 1.26. The van der Waals surface area contributed by atoms with E-state index in [4.69, 9.17) is 0 Å². The van der Waals surface area contributed by atoms with E-state index in [1.165, 1.54) is 22.1 Å². The van der Waals surface area contributed by atoms with Crippen LogP contribution in [0.25, 0.3) is 11.1 Å². The molecule has 0 amide bonds. The first kappa shape index (κ1) is 17.1. The normalized spacial score (nSPS) is 13.6. The van der Waals surface area contributed by atoms with E-state index in [1.807, 2.05) is 12.1 Å². The van der Waals surface area contributed by atoms with Crippen LogP contribution in [0.1, 0.15) is 0 Å². The summed E-state index contributed by atoms with van der Waals surface area (Å²) in [5.41, 5.74) is 9.40. The van der Waals surface area contributed by atoms with Crippen LogP contribution in [0.2, 0.25) is 0 Å². The fourth-order valence-electron chi connectivity index (χ4n) is 4.26. The molecule has 0 saturated heterocycles. The molecule has 0 fully saturated rings. The molecule has 4 aromatic rings. The lowest BCUT2D eigenvalue weighted by molar-refractivity contribution is 1.62. The maximum absolute atomic E-state index is 3.60. The molecule has 6 rings (SSSR count). The largest absolute Gasteiger partial charge is 0.406 e. The van der Waals surface area contributed by atoms with E-state index in [-0.39, 0.29) is 14.0 Å². The molecule has 2 aliphatic rings. The molecule has 4 N–H and O–H groups in total. The fraction of sp³-hybridized carbons (Fsp3) is 0. The molecule has 142 valence electrons. The van der Waals surface area contributed by atoms with Gasteiger partial charge in [-0.1, -0.05) is 72.8 Å². The van der Waals surface area contributed by atoms with Gasteiger partial charge in [0.05, 0.1) is 0 Å². The van der Waals surface area contributed by atoms with E-state index < -0.39 is 0 Å². The standard InChI is InChI=1S/C24H20B2N4/c1-3-7-19(8-4-1)25-27-21-13-11-17(15-23(21)29-25)18-12-14-22-24(16-18)30-26(28-22)20-9-5-2-6-10-20/h1-16,27-30H. The summed E-state index contributed by atoms with van der Waals surface area (Å²) in [7, 11) is 0. The monoisotopic (exact) mass is 386 g/mol. The summed E-state index contributed by atoms with van der Waals surface area (Å²) >= 11 is 0. The van der Waals surface area contributed by atoms with Crippen molar-refractivity contribution in [3.05, 3.63) is 97.1 Å². The van der Waals surface area contributed by atoms with E-state index in [0.29, 0.717) is 0 Å². The Bertz CT molecular complexity index is 1120. The van der Waals surface area contributed by atoms with Crippen LogP contribution in [-0.4, -0.2) is 14.0 Å². The molecule has 0 radical (unpaired) electrons. The van der Waals surface area contributed by atoms with Gasteiger partial charge in [-0.25, -0.2) is 0 Å². The summed E-state index contributed by atoms with van der Waals surface area (Å²) in [6.45, 7) is 0.211. The van der Waals surface area contributed by atoms with Gasteiger partial charge in [0, 0.05) is 22.7 Å². The minimum Gasteiger partial charge on any atom is -0.404 e. The van der Waals surface area contributed by atoms with Gasteiger partial charge < -0.3 is 20.9 Å². The highest BCUT2D eigenvalue weighted by molar-refractivity contribution is 6.81. The zero-order valence-electron chi connectivity index (χ0n) is 16.4. The molecule has 0 aliphatic carbocycles. The van der Waals surface area contributed by atoms with Gasteiger partial charge in [-0.2, -0.15) is 0 Å². The minimum atomic E-state index is 0.106. The zero-order valence-corrected chi connectivity index (χ0v) is 16.4. The number of fused-ring (bicyclic) bond motifs is 2. The average molecular weight is 386 g/mol. The second-order valence-corrected chi connectivity index (χ2v) is 7.79. The summed E-state index contributed by atoms with van der Waals surface area (Å²) in [6.07, 6.45) is 0. The van der Waals surface area contributed by atoms with Crippen LogP contribution in [-0.2, 0) is 0 Å². The van der Waals surface area contributed by atoms with Gasteiger partial charge in [0.15, 0.2) is 0 Å². The lowest BCUT2D eigenvalue weighted by atomic mass is 9.69. The van der Waals surface area contributed by atoms with Crippen molar-refractivity contribution in [3.63, 3.8) is 0 Å². The Morgan fingerprint density at radius 1 is 0.400 bits per heavy atom. The first-order chi connectivity index (χ1) is 14.8. The summed E-state index contributed by atoms with van der Waals surface area (Å²) in [4.78, 5) is 0. The molecule has 0 atom stereocenters. The number of benzene rings is 4. The fourth-order valence-corrected chi connectivity index (χ4v) is 4.26. The first-order valence-corrected chi connectivity index (χ1v) is 10.3. The Morgan fingerprint density at radius 3 is 1.23 bits per heavy atom. The van der Waals surface area contributed by atoms with Crippen molar-refractivity contribution < 1.29 is 0 Å². The van der Waals surface area contributed by atoms with E-state index in [0.717, 1.165) is 22.7 Å². The molecule has 0 bridgehead atoms. The van der Waals surface area contributed by atoms with Crippen LogP contribution in [0.4, 0.5) is 22.7 Å². The third-order valence-electron chi connectivity index (χ3n) is 5.84. The topological polar surface area (TPSA) is 48.1 Å². The van der Waals surface area contributed by atoms with E-state index in [1.54, 1.807) is 0 Å². The molecule has 2 heterocycles. The number of hydrogen-bond acceptors (Lipinski definition) is 4. The smallest absolute Gasteiger partial charge is 0.404 e. The lowest BCUT2D eigenvalue weighted by Crippen LogP contribution is -2.41. The Kier molecular flexibility index (Phi) is 3.94. The van der Waals surface area contributed by atoms with Crippen molar-refractivity contribution in [3.8, 4) is 11.1 Å². The Hall–Kier alpha value is -3.79. The van der Waals surface area contributed by atoms with Gasteiger partial charge in [-0.3, -0.25) is 0 Å². The summed E-state index contributed by atoms with van der Waals surface area (Å²) in [5, 5.41) is 14.3. The summed E-state index contributed by atoms with van der Waals surface area (Å²) in [6, 6.07) is 34.1. The second kappa shape index (κ2) is 6.92. The van der Waals surface area contributed by atoms with Gasteiger partial charge in [-0.05, 0) is 46.3 Å². The van der Waals surface area contributed by atoms with Crippen molar-refractivity contribution in [1.82, 2.24) is 0 Å². The maximum atomic E-state index is 3.60. The molecule has 0 unspecified atom stereocenters. The van der Waals surface area contributed by atoms with Gasteiger partial charge in [0.1, 0.15) is 0 Å². The predicted molar refractivity (Wildman–Crippen MR) is 130 cm³/mol. The molecule has 2 aliphatic heterocycles. The molecule has 30 heavy (non-hydrogen) atoms. The SMILES string of the molecule is c1ccc(B2Nc3ccc(-c4ccc5c(c4)NB(c4ccccc4)N5)cc3N2)cc1. The summed E-state index contributed by atoms with van der Waals surface area (Å²) < 4.78 is 0. The number of anilines is 4.